The Labute approximate surface area is 206 Å². The molecule has 0 spiro atoms. The number of nitrogens with two attached hydrogens (primary N) is 2. The van der Waals surface area contributed by atoms with Gasteiger partial charge in [-0.3, -0.25) is 50.7 Å². The van der Waals surface area contributed by atoms with E-state index in [1.807, 2.05) is 27.7 Å². The summed E-state index contributed by atoms with van der Waals surface area (Å²) in [5.74, 6) is -4.03. The minimum atomic E-state index is -1.71. The first-order valence-corrected chi connectivity index (χ1v) is 12.0. The first-order valence-electron chi connectivity index (χ1n) is 12.0. The van der Waals surface area contributed by atoms with Gasteiger partial charge in [0, 0.05) is 11.8 Å². The van der Waals surface area contributed by atoms with E-state index >= 15 is 0 Å². The van der Waals surface area contributed by atoms with E-state index in [9.17, 15) is 19.2 Å². The highest BCUT2D eigenvalue weighted by Gasteiger charge is 2.85. The van der Waals surface area contributed by atoms with Crippen molar-refractivity contribution in [2.45, 2.75) is 50.6 Å². The van der Waals surface area contributed by atoms with Crippen molar-refractivity contribution in [3.05, 3.63) is 0 Å². The number of ether oxygens (including phenoxy) is 2. The van der Waals surface area contributed by atoms with Crippen molar-refractivity contribution >= 4 is 24.1 Å². The van der Waals surface area contributed by atoms with Crippen LogP contribution in [-0.4, -0.2) is 126 Å². The maximum absolute atomic E-state index is 13.9. The number of hydrogen-bond donors (Lipinski definition) is 2. The summed E-state index contributed by atoms with van der Waals surface area (Å²) < 4.78 is 11.2. The zero-order valence-corrected chi connectivity index (χ0v) is 20.6. The number of carbonyl (C=O) groups is 4. The van der Waals surface area contributed by atoms with E-state index in [1.54, 1.807) is 0 Å². The molecule has 0 bridgehead atoms. The molecule has 7 aliphatic heterocycles. The SMILES string of the molecule is CC(C)[C@]12N3COCN1C(=O)N1CN4C(=O)N5COCN6C(=O)N(CN(C3=O)[C@]12N)[C@]4(N)[C@@]56C(C)C. The van der Waals surface area contributed by atoms with Gasteiger partial charge in [-0.15, -0.1) is 0 Å². The van der Waals surface area contributed by atoms with Gasteiger partial charge in [0.25, 0.3) is 0 Å². The van der Waals surface area contributed by atoms with Crippen LogP contribution in [0.4, 0.5) is 19.2 Å². The second-order valence-electron chi connectivity index (χ2n) is 11.0. The van der Waals surface area contributed by atoms with E-state index < -0.39 is 47.0 Å². The summed E-state index contributed by atoms with van der Waals surface area (Å²) in [6.45, 7) is 6.56. The molecular formula is C20H30N10O6. The van der Waals surface area contributed by atoms with Crippen molar-refractivity contribution in [3.8, 4) is 0 Å². The zero-order chi connectivity index (χ0) is 25.7. The molecule has 7 rings (SSSR count). The monoisotopic (exact) mass is 506 g/mol. The molecule has 0 unspecified atom stereocenters. The fraction of sp³-hybridized carbons (Fsp3) is 0.800. The summed E-state index contributed by atoms with van der Waals surface area (Å²) >= 11 is 0. The van der Waals surface area contributed by atoms with Crippen molar-refractivity contribution in [1.82, 2.24) is 39.2 Å². The van der Waals surface area contributed by atoms with Crippen molar-refractivity contribution < 1.29 is 28.7 Å². The van der Waals surface area contributed by atoms with Gasteiger partial charge in [0.2, 0.25) is 11.6 Å². The fourth-order valence-corrected chi connectivity index (χ4v) is 8.03. The molecule has 7 aliphatic rings. The fourth-order valence-electron chi connectivity index (χ4n) is 8.03. The molecular weight excluding hydrogens is 476 g/mol. The molecule has 36 heavy (non-hydrogen) atoms. The molecule has 0 radical (unpaired) electrons. The molecule has 16 heteroatoms. The lowest BCUT2D eigenvalue weighted by Gasteiger charge is -2.55. The van der Waals surface area contributed by atoms with E-state index in [0.29, 0.717) is 0 Å². The molecule has 0 aliphatic carbocycles. The highest BCUT2D eigenvalue weighted by molar-refractivity contribution is 5.92. The minimum Gasteiger partial charge on any atom is -0.340 e. The minimum absolute atomic E-state index is 0.0713. The third kappa shape index (κ3) is 1.72. The molecule has 196 valence electrons. The van der Waals surface area contributed by atoms with Crippen molar-refractivity contribution in [1.29, 1.82) is 0 Å². The Morgan fingerprint density at radius 1 is 0.556 bits per heavy atom. The Balaban J connectivity index is 1.49. The van der Waals surface area contributed by atoms with Crippen molar-refractivity contribution in [2.75, 3.05) is 40.3 Å². The average Bonchev–Trinajstić information content (AvgIpc) is 3.33. The Hall–Kier alpha value is -3.08. The predicted octanol–water partition coefficient (Wildman–Crippen LogP) is -1.31. The Morgan fingerprint density at radius 2 is 0.806 bits per heavy atom. The largest absolute Gasteiger partial charge is 0.340 e. The zero-order valence-electron chi connectivity index (χ0n) is 20.6. The molecule has 7 heterocycles. The molecule has 4 N–H and O–H groups in total. The molecule has 0 atom stereocenters. The lowest BCUT2D eigenvalue weighted by Crippen LogP contribution is -2.82. The second kappa shape index (κ2) is 6.07. The Kier molecular flexibility index (Phi) is 3.73. The molecule has 0 aromatic carbocycles. The number of carbonyl (C=O) groups excluding carboxylic acids is 4. The van der Waals surface area contributed by atoms with Gasteiger partial charge in [0.05, 0.1) is 0 Å². The summed E-state index contributed by atoms with van der Waals surface area (Å²) in [4.78, 5) is 66.8. The molecule has 7 saturated heterocycles. The number of urea groups is 4. The number of rotatable bonds is 2. The lowest BCUT2D eigenvalue weighted by atomic mass is 9.86. The predicted molar refractivity (Wildman–Crippen MR) is 117 cm³/mol. The van der Waals surface area contributed by atoms with E-state index in [-0.39, 0.29) is 52.1 Å². The molecule has 16 nitrogen and oxygen atoms in total. The molecule has 0 saturated carbocycles. The highest BCUT2D eigenvalue weighted by atomic mass is 16.5. The average molecular weight is 507 g/mol. The third-order valence-electron chi connectivity index (χ3n) is 9.28. The second-order valence-corrected chi connectivity index (χ2v) is 11.0. The van der Waals surface area contributed by atoms with Crippen LogP contribution in [0.3, 0.4) is 0 Å². The lowest BCUT2D eigenvalue weighted by molar-refractivity contribution is -0.209. The van der Waals surface area contributed by atoms with Crippen LogP contribution < -0.4 is 11.5 Å². The summed E-state index contributed by atoms with van der Waals surface area (Å²) in [5, 5.41) is 0. The Morgan fingerprint density at radius 3 is 1.03 bits per heavy atom. The number of nitrogens with zero attached hydrogens (tertiary/aromatic N) is 8. The van der Waals surface area contributed by atoms with E-state index in [0.717, 1.165) is 0 Å². The van der Waals surface area contributed by atoms with Gasteiger partial charge in [-0.05, 0) is 0 Å². The van der Waals surface area contributed by atoms with Crippen LogP contribution in [0, 0.1) is 11.8 Å². The van der Waals surface area contributed by atoms with Crippen LogP contribution in [0.5, 0.6) is 0 Å². The van der Waals surface area contributed by atoms with Crippen molar-refractivity contribution in [2.24, 2.45) is 23.3 Å². The number of hydrogen-bond acceptors (Lipinski definition) is 8. The maximum atomic E-state index is 13.9. The summed E-state index contributed by atoms with van der Waals surface area (Å²) in [7, 11) is 0. The molecule has 8 amide bonds. The topological polar surface area (TPSA) is 165 Å². The highest BCUT2D eigenvalue weighted by Crippen LogP contribution is 2.59. The van der Waals surface area contributed by atoms with Gasteiger partial charge in [0.15, 0.2) is 11.3 Å². The standard InChI is InChI=1S/C20H30N10O6/c1-11(2)17-19(21)23-5-25-15(33)29-9-36-10-30-16(34)26(20(25,22)18(29,30)12(3)4)6-24(19)14(32)28(17)8-35-7-27(17)13(23)31/h11-12H,5-10,21-22H2,1-4H3/t17-,18+,19-,20+. The quantitative estimate of drug-likeness (QED) is 0.466. The van der Waals surface area contributed by atoms with E-state index in [2.05, 4.69) is 0 Å². The van der Waals surface area contributed by atoms with Crippen molar-refractivity contribution in [3.63, 3.8) is 0 Å². The maximum Gasteiger partial charge on any atom is 0.328 e. The first-order chi connectivity index (χ1) is 16.9. The van der Waals surface area contributed by atoms with Gasteiger partial charge >= 0.3 is 24.1 Å². The Bertz CT molecular complexity index is 982. The molecule has 7 fully saturated rings. The summed E-state index contributed by atoms with van der Waals surface area (Å²) in [6, 6.07) is -1.95. The van der Waals surface area contributed by atoms with Gasteiger partial charge < -0.3 is 9.47 Å². The molecule has 0 aromatic heterocycles. The van der Waals surface area contributed by atoms with Crippen LogP contribution in [0.1, 0.15) is 27.7 Å². The third-order valence-corrected chi connectivity index (χ3v) is 9.28. The summed E-state index contributed by atoms with van der Waals surface area (Å²) in [6.07, 6.45) is 0. The van der Waals surface area contributed by atoms with Crippen LogP contribution >= 0.6 is 0 Å². The van der Waals surface area contributed by atoms with E-state index in [1.165, 1.54) is 39.2 Å². The normalized spacial score (nSPS) is 40.9. The summed E-state index contributed by atoms with van der Waals surface area (Å²) in [5.41, 5.74) is 11.7. The van der Waals surface area contributed by atoms with Crippen LogP contribution in [-0.2, 0) is 9.47 Å². The van der Waals surface area contributed by atoms with Crippen LogP contribution in [0.25, 0.3) is 0 Å². The smallest absolute Gasteiger partial charge is 0.328 e. The van der Waals surface area contributed by atoms with Crippen LogP contribution in [0.2, 0.25) is 0 Å². The van der Waals surface area contributed by atoms with Gasteiger partial charge in [-0.25, -0.2) is 19.2 Å². The molecule has 0 aromatic rings. The first kappa shape index (κ1) is 22.1. The van der Waals surface area contributed by atoms with Crippen LogP contribution in [0.15, 0.2) is 0 Å². The van der Waals surface area contributed by atoms with Gasteiger partial charge in [0.1, 0.15) is 40.3 Å². The van der Waals surface area contributed by atoms with Gasteiger partial charge in [-0.2, -0.15) is 0 Å². The van der Waals surface area contributed by atoms with E-state index in [4.69, 9.17) is 20.9 Å². The van der Waals surface area contributed by atoms with Gasteiger partial charge in [-0.1, -0.05) is 27.7 Å². The number of amides is 8.